The topological polar surface area (TPSA) is 60.5 Å². The largest absolute Gasteiger partial charge is 0.497 e. The van der Waals surface area contributed by atoms with Gasteiger partial charge in [0.2, 0.25) is 0 Å². The number of rotatable bonds is 9. The second-order valence-corrected chi connectivity index (χ2v) is 8.33. The summed E-state index contributed by atoms with van der Waals surface area (Å²) in [6.07, 6.45) is 4.36. The minimum Gasteiger partial charge on any atom is -0.497 e. The molecule has 29 heavy (non-hydrogen) atoms. The summed E-state index contributed by atoms with van der Waals surface area (Å²) in [4.78, 5) is 17.1. The van der Waals surface area contributed by atoms with Gasteiger partial charge in [0.1, 0.15) is 5.75 Å². The molecule has 154 valence electrons. The molecule has 3 aromatic rings. The number of hydrogen-bond donors (Lipinski definition) is 1. The van der Waals surface area contributed by atoms with Crippen molar-refractivity contribution in [3.63, 3.8) is 0 Å². The van der Waals surface area contributed by atoms with Gasteiger partial charge in [-0.15, -0.1) is 0 Å². The maximum atomic E-state index is 12.6. The summed E-state index contributed by atoms with van der Waals surface area (Å²) in [6, 6.07) is 8.67. The molecule has 0 aliphatic carbocycles. The van der Waals surface area contributed by atoms with E-state index in [4.69, 9.17) is 32.7 Å². The van der Waals surface area contributed by atoms with Crippen LogP contribution in [0.25, 0.3) is 10.2 Å². The van der Waals surface area contributed by atoms with E-state index in [2.05, 4.69) is 17.2 Å². The summed E-state index contributed by atoms with van der Waals surface area (Å²) in [5.74, 6) is 0.811. The van der Waals surface area contributed by atoms with Crippen LogP contribution in [-0.4, -0.2) is 24.6 Å². The molecule has 0 unspecified atom stereocenters. The minimum atomic E-state index is -0.339. The monoisotopic (exact) mass is 452 g/mol. The average Bonchev–Trinajstić information content (AvgIpc) is 3.10. The molecular weight excluding hydrogens is 431 g/mol. The molecule has 1 aromatic heterocycles. The third-order valence-corrected chi connectivity index (χ3v) is 5.82. The standard InChI is InChI=1S/C21H22Cl2N2O3S/c1-3-4-5-6-9-28-19-15(22)10-13(11-16(19)23)20(26)25-21-24-17-8-7-14(27-2)12-18(17)29-21/h7-8,10-12H,3-6,9H2,1-2H3,(H,24,25,26). The molecule has 0 saturated heterocycles. The molecule has 1 N–H and O–H groups in total. The number of anilines is 1. The van der Waals surface area contributed by atoms with Crippen molar-refractivity contribution in [2.45, 2.75) is 32.6 Å². The van der Waals surface area contributed by atoms with Gasteiger partial charge in [-0.05, 0) is 36.8 Å². The number of unbranched alkanes of at least 4 members (excludes halogenated alkanes) is 3. The van der Waals surface area contributed by atoms with Gasteiger partial charge in [-0.25, -0.2) is 4.98 Å². The fourth-order valence-electron chi connectivity index (χ4n) is 2.79. The van der Waals surface area contributed by atoms with E-state index in [1.165, 1.54) is 17.8 Å². The minimum absolute atomic E-state index is 0.312. The number of fused-ring (bicyclic) bond motifs is 1. The molecule has 0 fully saturated rings. The number of aromatic nitrogens is 1. The van der Waals surface area contributed by atoms with E-state index in [-0.39, 0.29) is 5.91 Å². The third kappa shape index (κ3) is 5.53. The number of thiazole rings is 1. The normalized spacial score (nSPS) is 10.9. The zero-order chi connectivity index (χ0) is 20.8. The first-order chi connectivity index (χ1) is 14.0. The zero-order valence-electron chi connectivity index (χ0n) is 16.3. The number of carbonyl (C=O) groups excluding carboxylic acids is 1. The number of nitrogens with one attached hydrogen (secondary N) is 1. The Balaban J connectivity index is 1.69. The first kappa shape index (κ1) is 21.7. The Labute approximate surface area is 183 Å². The highest BCUT2D eigenvalue weighted by Crippen LogP contribution is 2.35. The van der Waals surface area contributed by atoms with Crippen molar-refractivity contribution in [1.82, 2.24) is 4.98 Å². The first-order valence-corrected chi connectivity index (χ1v) is 11.0. The van der Waals surface area contributed by atoms with Crippen LogP contribution >= 0.6 is 34.5 Å². The fourth-order valence-corrected chi connectivity index (χ4v) is 4.27. The van der Waals surface area contributed by atoms with Gasteiger partial charge < -0.3 is 9.47 Å². The van der Waals surface area contributed by atoms with Crippen LogP contribution in [0.1, 0.15) is 43.0 Å². The molecule has 0 bridgehead atoms. The van der Waals surface area contributed by atoms with Gasteiger partial charge in [-0.2, -0.15) is 0 Å². The maximum absolute atomic E-state index is 12.6. The van der Waals surface area contributed by atoms with Crippen LogP contribution in [0.2, 0.25) is 10.0 Å². The van der Waals surface area contributed by atoms with Crippen molar-refractivity contribution in [2.75, 3.05) is 19.0 Å². The van der Waals surface area contributed by atoms with Crippen molar-refractivity contribution in [1.29, 1.82) is 0 Å². The number of halogens is 2. The van der Waals surface area contributed by atoms with Crippen LogP contribution in [-0.2, 0) is 0 Å². The molecule has 1 heterocycles. The van der Waals surface area contributed by atoms with E-state index in [1.54, 1.807) is 19.2 Å². The first-order valence-electron chi connectivity index (χ1n) is 9.39. The van der Waals surface area contributed by atoms with Gasteiger partial charge in [0.25, 0.3) is 5.91 Å². The molecule has 3 rings (SSSR count). The molecule has 5 nitrogen and oxygen atoms in total. The van der Waals surface area contributed by atoms with E-state index in [0.29, 0.717) is 33.1 Å². The van der Waals surface area contributed by atoms with Crippen LogP contribution in [0.4, 0.5) is 5.13 Å². The molecule has 8 heteroatoms. The molecule has 0 aliphatic rings. The lowest BCUT2D eigenvalue weighted by Gasteiger charge is -2.11. The maximum Gasteiger partial charge on any atom is 0.257 e. The van der Waals surface area contributed by atoms with E-state index in [0.717, 1.165) is 35.2 Å². The number of amides is 1. The van der Waals surface area contributed by atoms with Crippen molar-refractivity contribution in [3.8, 4) is 11.5 Å². The fraction of sp³-hybridized carbons (Fsp3) is 0.333. The Morgan fingerprint density at radius 3 is 2.59 bits per heavy atom. The highest BCUT2D eigenvalue weighted by molar-refractivity contribution is 7.22. The second kappa shape index (κ2) is 10.1. The van der Waals surface area contributed by atoms with E-state index >= 15 is 0 Å². The van der Waals surface area contributed by atoms with Crippen molar-refractivity contribution < 1.29 is 14.3 Å². The summed E-state index contributed by atoms with van der Waals surface area (Å²) >= 11 is 14.0. The summed E-state index contributed by atoms with van der Waals surface area (Å²) in [6.45, 7) is 2.70. The summed E-state index contributed by atoms with van der Waals surface area (Å²) in [5.41, 5.74) is 1.13. The third-order valence-electron chi connectivity index (χ3n) is 4.32. The smallest absolute Gasteiger partial charge is 0.257 e. The Kier molecular flexibility index (Phi) is 7.58. The summed E-state index contributed by atoms with van der Waals surface area (Å²) in [5, 5.41) is 3.91. The van der Waals surface area contributed by atoms with Crippen molar-refractivity contribution >= 4 is 55.8 Å². The number of hydrogen-bond acceptors (Lipinski definition) is 5. The molecule has 0 saturated carbocycles. The van der Waals surface area contributed by atoms with Gasteiger partial charge >= 0.3 is 0 Å². The van der Waals surface area contributed by atoms with Gasteiger partial charge in [-0.3, -0.25) is 10.1 Å². The number of nitrogens with zero attached hydrogens (tertiary/aromatic N) is 1. The molecule has 2 aromatic carbocycles. The van der Waals surface area contributed by atoms with Crippen LogP contribution in [0.3, 0.4) is 0 Å². The quantitative estimate of drug-likeness (QED) is 0.361. The molecule has 0 atom stereocenters. The van der Waals surface area contributed by atoms with E-state index in [9.17, 15) is 4.79 Å². The van der Waals surface area contributed by atoms with Crippen LogP contribution in [0.15, 0.2) is 30.3 Å². The van der Waals surface area contributed by atoms with Gasteiger partial charge in [0.05, 0.1) is 34.0 Å². The molecular formula is C21H22Cl2N2O3S. The second-order valence-electron chi connectivity index (χ2n) is 6.48. The number of ether oxygens (including phenoxy) is 2. The lowest BCUT2D eigenvalue weighted by Crippen LogP contribution is -2.12. The Hall–Kier alpha value is -2.02. The van der Waals surface area contributed by atoms with Crippen LogP contribution in [0.5, 0.6) is 11.5 Å². The summed E-state index contributed by atoms with van der Waals surface area (Å²) < 4.78 is 11.8. The SMILES string of the molecule is CCCCCCOc1c(Cl)cc(C(=O)Nc2nc3ccc(OC)cc3s2)cc1Cl. The molecule has 1 amide bonds. The molecule has 0 aliphatic heterocycles. The highest BCUT2D eigenvalue weighted by Gasteiger charge is 2.16. The Morgan fingerprint density at radius 2 is 1.90 bits per heavy atom. The van der Waals surface area contributed by atoms with Crippen LogP contribution in [0, 0.1) is 0 Å². The molecule has 0 spiro atoms. The lowest BCUT2D eigenvalue weighted by molar-refractivity contribution is 0.102. The number of benzene rings is 2. The zero-order valence-corrected chi connectivity index (χ0v) is 18.6. The predicted molar refractivity (Wildman–Crippen MR) is 120 cm³/mol. The average molecular weight is 453 g/mol. The molecule has 0 radical (unpaired) electrons. The van der Waals surface area contributed by atoms with Gasteiger partial charge in [0, 0.05) is 5.56 Å². The Bertz CT molecular complexity index is 984. The van der Waals surface area contributed by atoms with Crippen LogP contribution < -0.4 is 14.8 Å². The van der Waals surface area contributed by atoms with E-state index < -0.39 is 0 Å². The highest BCUT2D eigenvalue weighted by atomic mass is 35.5. The van der Waals surface area contributed by atoms with Gasteiger partial charge in [-0.1, -0.05) is 60.7 Å². The lowest BCUT2D eigenvalue weighted by atomic mass is 10.2. The van der Waals surface area contributed by atoms with Gasteiger partial charge in [0.15, 0.2) is 10.9 Å². The van der Waals surface area contributed by atoms with Crippen molar-refractivity contribution in [3.05, 3.63) is 45.9 Å². The number of carbonyl (C=O) groups is 1. The van der Waals surface area contributed by atoms with E-state index in [1.807, 2.05) is 18.2 Å². The summed E-state index contributed by atoms with van der Waals surface area (Å²) in [7, 11) is 1.61. The predicted octanol–water partition coefficient (Wildman–Crippen LogP) is 6.82. The number of methoxy groups -OCH3 is 1. The Morgan fingerprint density at radius 1 is 1.14 bits per heavy atom. The van der Waals surface area contributed by atoms with Crippen molar-refractivity contribution in [2.24, 2.45) is 0 Å².